The lowest BCUT2D eigenvalue weighted by molar-refractivity contribution is -0.116. The summed E-state index contributed by atoms with van der Waals surface area (Å²) in [5.74, 6) is 0.933. The van der Waals surface area contributed by atoms with Crippen molar-refractivity contribution in [3.05, 3.63) is 18.0 Å². The van der Waals surface area contributed by atoms with Gasteiger partial charge in [0, 0.05) is 30.1 Å². The summed E-state index contributed by atoms with van der Waals surface area (Å²) in [5.41, 5.74) is 1.12. The van der Waals surface area contributed by atoms with E-state index in [1.165, 1.54) is 0 Å². The van der Waals surface area contributed by atoms with Crippen molar-refractivity contribution in [3.63, 3.8) is 0 Å². The highest BCUT2D eigenvalue weighted by atomic mass is 32.2. The highest BCUT2D eigenvalue weighted by Crippen LogP contribution is 2.23. The number of rotatable bonds is 5. The van der Waals surface area contributed by atoms with Crippen LogP contribution in [0.3, 0.4) is 0 Å². The molecule has 0 aromatic carbocycles. The van der Waals surface area contributed by atoms with Gasteiger partial charge in [-0.2, -0.15) is 5.10 Å². The Labute approximate surface area is 102 Å². The van der Waals surface area contributed by atoms with E-state index < -0.39 is 0 Å². The molecule has 1 heterocycles. The Bertz CT molecular complexity index is 352. The van der Waals surface area contributed by atoms with Crippen LogP contribution in [0.1, 0.15) is 32.9 Å². The third-order valence-corrected chi connectivity index (χ3v) is 3.58. The fourth-order valence-electron chi connectivity index (χ4n) is 1.28. The highest BCUT2D eigenvalue weighted by Gasteiger charge is 2.13. The Morgan fingerprint density at radius 2 is 2.19 bits per heavy atom. The summed E-state index contributed by atoms with van der Waals surface area (Å²) in [7, 11) is 1.91. The van der Waals surface area contributed by atoms with Gasteiger partial charge in [-0.3, -0.25) is 9.48 Å². The molecule has 1 rings (SSSR count). The minimum absolute atomic E-state index is 0.169. The molecule has 0 amide bonds. The fraction of sp³-hybridized carbons (Fsp3) is 0.667. The molecule has 0 radical (unpaired) electrons. The van der Waals surface area contributed by atoms with E-state index in [0.29, 0.717) is 18.0 Å². The van der Waals surface area contributed by atoms with Crippen LogP contribution < -0.4 is 0 Å². The third kappa shape index (κ3) is 4.84. The number of hydrogen-bond donors (Lipinski definition) is 0. The monoisotopic (exact) mass is 240 g/mol. The number of ketones is 1. The summed E-state index contributed by atoms with van der Waals surface area (Å²) in [6, 6.07) is 1.96. The van der Waals surface area contributed by atoms with E-state index in [2.05, 4.69) is 25.9 Å². The summed E-state index contributed by atoms with van der Waals surface area (Å²) >= 11 is 1.71. The molecule has 1 aromatic heterocycles. The van der Waals surface area contributed by atoms with E-state index in [0.717, 1.165) is 12.1 Å². The molecule has 90 valence electrons. The summed E-state index contributed by atoms with van der Waals surface area (Å²) in [5, 5.41) is 4.08. The molecule has 0 atom stereocenters. The Kier molecular flexibility index (Phi) is 4.59. The first kappa shape index (κ1) is 13.3. The van der Waals surface area contributed by atoms with Gasteiger partial charge in [0.1, 0.15) is 5.78 Å². The van der Waals surface area contributed by atoms with Crippen LogP contribution in [-0.4, -0.2) is 26.1 Å². The second kappa shape index (κ2) is 5.53. The standard InChI is InChI=1S/C12H20N2OS/c1-12(2,3)16-9-11(15)6-5-10-7-8-13-14(10)4/h7-8H,5-6,9H2,1-4H3. The number of thioether (sulfide) groups is 1. The second-order valence-corrected chi connectivity index (χ2v) is 6.69. The maximum atomic E-state index is 11.6. The van der Waals surface area contributed by atoms with Gasteiger partial charge in [0.15, 0.2) is 0 Å². The van der Waals surface area contributed by atoms with Crippen molar-refractivity contribution in [1.29, 1.82) is 0 Å². The van der Waals surface area contributed by atoms with Gasteiger partial charge in [0.25, 0.3) is 0 Å². The van der Waals surface area contributed by atoms with Crippen molar-refractivity contribution < 1.29 is 4.79 Å². The van der Waals surface area contributed by atoms with E-state index in [-0.39, 0.29) is 4.75 Å². The lowest BCUT2D eigenvalue weighted by atomic mass is 10.2. The average Bonchev–Trinajstić information content (AvgIpc) is 2.57. The number of nitrogens with zero attached hydrogens (tertiary/aromatic N) is 2. The number of aryl methyl sites for hydroxylation is 2. The van der Waals surface area contributed by atoms with Gasteiger partial charge < -0.3 is 0 Å². The molecule has 0 aliphatic carbocycles. The Balaban J connectivity index is 2.29. The predicted molar refractivity (Wildman–Crippen MR) is 68.7 cm³/mol. The van der Waals surface area contributed by atoms with Crippen molar-refractivity contribution in [2.45, 2.75) is 38.4 Å². The lowest BCUT2D eigenvalue weighted by Gasteiger charge is -2.16. The van der Waals surface area contributed by atoms with Crippen LogP contribution in [0, 0.1) is 0 Å². The molecule has 0 N–H and O–H groups in total. The molecular formula is C12H20N2OS. The van der Waals surface area contributed by atoms with Crippen LogP contribution in [0.25, 0.3) is 0 Å². The first-order valence-corrected chi connectivity index (χ1v) is 6.49. The van der Waals surface area contributed by atoms with Gasteiger partial charge >= 0.3 is 0 Å². The van der Waals surface area contributed by atoms with Crippen molar-refractivity contribution >= 4 is 17.5 Å². The van der Waals surface area contributed by atoms with E-state index in [9.17, 15) is 4.79 Å². The molecular weight excluding hydrogens is 220 g/mol. The zero-order chi connectivity index (χ0) is 12.2. The smallest absolute Gasteiger partial charge is 0.143 e. The molecule has 3 nitrogen and oxygen atoms in total. The average molecular weight is 240 g/mol. The first-order chi connectivity index (χ1) is 7.38. The van der Waals surface area contributed by atoms with Crippen molar-refractivity contribution in [3.8, 4) is 0 Å². The maximum absolute atomic E-state index is 11.6. The van der Waals surface area contributed by atoms with Crippen LogP contribution in [-0.2, 0) is 18.3 Å². The molecule has 0 unspecified atom stereocenters. The lowest BCUT2D eigenvalue weighted by Crippen LogP contribution is -2.13. The van der Waals surface area contributed by atoms with Gasteiger partial charge in [-0.15, -0.1) is 11.8 Å². The van der Waals surface area contributed by atoms with E-state index >= 15 is 0 Å². The molecule has 0 aliphatic heterocycles. The molecule has 0 spiro atoms. The third-order valence-electron chi connectivity index (χ3n) is 2.25. The molecule has 0 aliphatic rings. The van der Waals surface area contributed by atoms with Crippen molar-refractivity contribution in [1.82, 2.24) is 9.78 Å². The van der Waals surface area contributed by atoms with Gasteiger partial charge in [-0.05, 0) is 12.5 Å². The number of aromatic nitrogens is 2. The van der Waals surface area contributed by atoms with E-state index in [1.54, 1.807) is 18.0 Å². The quantitative estimate of drug-likeness (QED) is 0.793. The molecule has 1 aromatic rings. The molecule has 0 saturated heterocycles. The normalized spacial score (nSPS) is 11.8. The minimum atomic E-state index is 0.169. The summed E-state index contributed by atoms with van der Waals surface area (Å²) in [6.45, 7) is 6.39. The first-order valence-electron chi connectivity index (χ1n) is 5.51. The van der Waals surface area contributed by atoms with Gasteiger partial charge in [0.05, 0.1) is 5.75 Å². The molecule has 0 bridgehead atoms. The van der Waals surface area contributed by atoms with E-state index in [1.807, 2.05) is 17.8 Å². The van der Waals surface area contributed by atoms with Crippen molar-refractivity contribution in [2.75, 3.05) is 5.75 Å². The van der Waals surface area contributed by atoms with Gasteiger partial charge in [0.2, 0.25) is 0 Å². The Hall–Kier alpha value is -0.770. The molecule has 4 heteroatoms. The van der Waals surface area contributed by atoms with Crippen LogP contribution in [0.5, 0.6) is 0 Å². The topological polar surface area (TPSA) is 34.9 Å². The fourth-order valence-corrected chi connectivity index (χ4v) is 2.02. The van der Waals surface area contributed by atoms with Gasteiger partial charge in [-0.1, -0.05) is 20.8 Å². The molecule has 16 heavy (non-hydrogen) atoms. The van der Waals surface area contributed by atoms with Crippen LogP contribution in [0.2, 0.25) is 0 Å². The predicted octanol–water partition coefficient (Wildman–Crippen LogP) is 2.45. The minimum Gasteiger partial charge on any atom is -0.299 e. The number of Topliss-reactive ketones (excluding diaryl/α,β-unsaturated/α-hetero) is 1. The van der Waals surface area contributed by atoms with E-state index in [4.69, 9.17) is 0 Å². The molecule has 0 fully saturated rings. The Morgan fingerprint density at radius 3 is 2.69 bits per heavy atom. The molecule has 0 saturated carbocycles. The highest BCUT2D eigenvalue weighted by molar-refractivity contribution is 8.01. The number of carbonyl (C=O) groups is 1. The van der Waals surface area contributed by atoms with Crippen LogP contribution in [0.15, 0.2) is 12.3 Å². The van der Waals surface area contributed by atoms with Gasteiger partial charge in [-0.25, -0.2) is 0 Å². The van der Waals surface area contributed by atoms with Crippen molar-refractivity contribution in [2.24, 2.45) is 7.05 Å². The van der Waals surface area contributed by atoms with Crippen LogP contribution >= 0.6 is 11.8 Å². The summed E-state index contributed by atoms with van der Waals surface area (Å²) in [6.07, 6.45) is 3.17. The summed E-state index contributed by atoms with van der Waals surface area (Å²) in [4.78, 5) is 11.6. The number of hydrogen-bond acceptors (Lipinski definition) is 3. The summed E-state index contributed by atoms with van der Waals surface area (Å²) < 4.78 is 1.99. The second-order valence-electron chi connectivity index (χ2n) is 4.89. The largest absolute Gasteiger partial charge is 0.299 e. The van der Waals surface area contributed by atoms with Crippen LogP contribution in [0.4, 0.5) is 0 Å². The Morgan fingerprint density at radius 1 is 1.50 bits per heavy atom. The zero-order valence-electron chi connectivity index (χ0n) is 10.5. The maximum Gasteiger partial charge on any atom is 0.143 e. The zero-order valence-corrected chi connectivity index (χ0v) is 11.3. The SMILES string of the molecule is Cn1nccc1CCC(=O)CSC(C)(C)C. The number of carbonyl (C=O) groups excluding carboxylic acids is 1.